The molecule has 0 fully saturated rings. The van der Waals surface area contributed by atoms with Crippen LogP contribution < -0.4 is 4.90 Å². The van der Waals surface area contributed by atoms with Gasteiger partial charge in [-0.3, -0.25) is 4.79 Å². The van der Waals surface area contributed by atoms with Gasteiger partial charge in [-0.1, -0.05) is 30.3 Å². The van der Waals surface area contributed by atoms with E-state index in [1.807, 2.05) is 33.0 Å². The van der Waals surface area contributed by atoms with Gasteiger partial charge in [-0.25, -0.2) is 0 Å². The Hall–Kier alpha value is -2.13. The third-order valence-corrected chi connectivity index (χ3v) is 5.02. The van der Waals surface area contributed by atoms with Gasteiger partial charge in [0.1, 0.15) is 6.54 Å². The highest BCUT2D eigenvalue weighted by Crippen LogP contribution is 2.18. The van der Waals surface area contributed by atoms with E-state index in [4.69, 9.17) is 0 Å². The lowest BCUT2D eigenvalue weighted by Crippen LogP contribution is -3.13. The first kappa shape index (κ1) is 15.8. The van der Waals surface area contributed by atoms with Gasteiger partial charge >= 0.3 is 0 Å². The molecule has 0 aliphatic carbocycles. The van der Waals surface area contributed by atoms with Crippen LogP contribution in [-0.4, -0.2) is 30.0 Å². The highest BCUT2D eigenvalue weighted by molar-refractivity contribution is 5.98. The van der Waals surface area contributed by atoms with Crippen molar-refractivity contribution in [3.8, 4) is 0 Å². The number of quaternary nitrogens is 1. The van der Waals surface area contributed by atoms with Gasteiger partial charge in [0.2, 0.25) is 5.78 Å². The van der Waals surface area contributed by atoms with Crippen LogP contribution in [0.3, 0.4) is 0 Å². The molecule has 1 aliphatic heterocycles. The summed E-state index contributed by atoms with van der Waals surface area (Å²) >= 11 is 0. The molecule has 0 saturated heterocycles. The van der Waals surface area contributed by atoms with Crippen molar-refractivity contribution in [2.24, 2.45) is 7.05 Å². The van der Waals surface area contributed by atoms with Crippen LogP contribution in [0.15, 0.2) is 42.5 Å². The van der Waals surface area contributed by atoms with Crippen LogP contribution in [0.2, 0.25) is 0 Å². The summed E-state index contributed by atoms with van der Waals surface area (Å²) in [6.45, 7) is 6.62. The summed E-state index contributed by atoms with van der Waals surface area (Å²) in [4.78, 5) is 14.0. The van der Waals surface area contributed by atoms with E-state index in [2.05, 4.69) is 34.9 Å². The van der Waals surface area contributed by atoms with E-state index in [1.165, 1.54) is 16.0 Å². The van der Waals surface area contributed by atoms with Gasteiger partial charge in [-0.05, 0) is 37.1 Å². The van der Waals surface area contributed by atoms with Crippen molar-refractivity contribution in [1.82, 2.24) is 4.57 Å². The molecule has 2 heterocycles. The molecule has 0 saturated carbocycles. The number of aryl methyl sites for hydroxylation is 1. The molecule has 0 radical (unpaired) electrons. The minimum atomic E-state index is 0.262. The Morgan fingerprint density at radius 2 is 1.96 bits per heavy atom. The molecule has 1 atom stereocenters. The Balaban J connectivity index is 1.65. The van der Waals surface area contributed by atoms with E-state index in [0.29, 0.717) is 6.54 Å². The Labute approximate surface area is 138 Å². The number of rotatable bonds is 4. The highest BCUT2D eigenvalue weighted by atomic mass is 16.1. The van der Waals surface area contributed by atoms with Crippen LogP contribution in [0.25, 0.3) is 5.57 Å². The van der Waals surface area contributed by atoms with Crippen LogP contribution in [0, 0.1) is 13.8 Å². The van der Waals surface area contributed by atoms with E-state index in [1.54, 1.807) is 0 Å². The largest absolute Gasteiger partial charge is 0.351 e. The van der Waals surface area contributed by atoms with E-state index < -0.39 is 0 Å². The lowest BCUT2D eigenvalue weighted by molar-refractivity contribution is -0.886. The van der Waals surface area contributed by atoms with Crippen molar-refractivity contribution in [2.75, 3.05) is 19.6 Å². The average molecular weight is 309 g/mol. The van der Waals surface area contributed by atoms with Crippen molar-refractivity contribution >= 4 is 11.4 Å². The lowest BCUT2D eigenvalue weighted by atomic mass is 9.99. The zero-order chi connectivity index (χ0) is 16.4. The molecular weight excluding hydrogens is 284 g/mol. The summed E-state index contributed by atoms with van der Waals surface area (Å²) in [6.07, 6.45) is 3.34. The molecule has 3 nitrogen and oxygen atoms in total. The normalized spacial score (nSPS) is 17.9. The second kappa shape index (κ2) is 6.55. The Kier molecular flexibility index (Phi) is 4.49. The maximum absolute atomic E-state index is 12.6. The molecule has 1 aliphatic rings. The van der Waals surface area contributed by atoms with Gasteiger partial charge < -0.3 is 9.47 Å². The number of ketones is 1. The fourth-order valence-corrected chi connectivity index (χ4v) is 3.32. The molecular formula is C20H25N2O+. The Morgan fingerprint density at radius 3 is 2.52 bits per heavy atom. The monoisotopic (exact) mass is 309 g/mol. The molecule has 0 bridgehead atoms. The zero-order valence-corrected chi connectivity index (χ0v) is 14.2. The predicted octanol–water partition coefficient (Wildman–Crippen LogP) is 2.20. The SMILES string of the molecule is Cc1cc(C(=O)C[NH+]2CC=C(c3ccccc3)CC2)c(C)n1C. The standard InChI is InChI=1S/C20H24N2O/c1-15-13-19(16(2)21(15)3)20(23)14-22-11-9-18(10-12-22)17-7-5-4-6-8-17/h4-9,13H,10-12,14H2,1-3H3/p+1. The molecule has 1 N–H and O–H groups in total. The fraction of sp³-hybridized carbons (Fsp3) is 0.350. The zero-order valence-electron chi connectivity index (χ0n) is 14.2. The molecule has 1 unspecified atom stereocenters. The van der Waals surface area contributed by atoms with Crippen LogP contribution in [0.4, 0.5) is 0 Å². The second-order valence-electron chi connectivity index (χ2n) is 6.49. The fourth-order valence-electron chi connectivity index (χ4n) is 3.32. The second-order valence-corrected chi connectivity index (χ2v) is 6.49. The molecule has 2 aromatic rings. The molecule has 0 spiro atoms. The van der Waals surface area contributed by atoms with Gasteiger partial charge in [0.05, 0.1) is 13.1 Å². The molecule has 0 amide bonds. The van der Waals surface area contributed by atoms with E-state index in [0.717, 1.165) is 36.5 Å². The van der Waals surface area contributed by atoms with E-state index in [-0.39, 0.29) is 5.78 Å². The smallest absolute Gasteiger partial charge is 0.218 e. The summed E-state index contributed by atoms with van der Waals surface area (Å²) in [5.41, 5.74) is 5.83. The van der Waals surface area contributed by atoms with E-state index >= 15 is 0 Å². The maximum Gasteiger partial charge on any atom is 0.218 e. The minimum absolute atomic E-state index is 0.262. The first-order valence-electron chi connectivity index (χ1n) is 8.30. The van der Waals surface area contributed by atoms with Crippen molar-refractivity contribution in [2.45, 2.75) is 20.3 Å². The Morgan fingerprint density at radius 1 is 1.22 bits per heavy atom. The van der Waals surface area contributed by atoms with E-state index in [9.17, 15) is 4.79 Å². The maximum atomic E-state index is 12.6. The number of aromatic nitrogens is 1. The van der Waals surface area contributed by atoms with Crippen molar-refractivity contribution < 1.29 is 9.69 Å². The highest BCUT2D eigenvalue weighted by Gasteiger charge is 2.22. The molecule has 3 heteroatoms. The van der Waals surface area contributed by atoms with Gasteiger partial charge in [0.25, 0.3) is 0 Å². The Bertz CT molecular complexity index is 741. The van der Waals surface area contributed by atoms with Gasteiger partial charge in [-0.15, -0.1) is 0 Å². The first-order valence-corrected chi connectivity index (χ1v) is 8.30. The van der Waals surface area contributed by atoms with Crippen molar-refractivity contribution in [3.63, 3.8) is 0 Å². The lowest BCUT2D eigenvalue weighted by Gasteiger charge is -2.23. The summed E-state index contributed by atoms with van der Waals surface area (Å²) in [6, 6.07) is 12.6. The average Bonchev–Trinajstić information content (AvgIpc) is 2.84. The molecule has 3 rings (SSSR count). The predicted molar refractivity (Wildman–Crippen MR) is 93.8 cm³/mol. The summed E-state index contributed by atoms with van der Waals surface area (Å²) in [7, 11) is 2.02. The quantitative estimate of drug-likeness (QED) is 0.861. The first-order chi connectivity index (χ1) is 11.1. The topological polar surface area (TPSA) is 26.4 Å². The van der Waals surface area contributed by atoms with Gasteiger partial charge in [0.15, 0.2) is 0 Å². The third-order valence-electron chi connectivity index (χ3n) is 5.02. The minimum Gasteiger partial charge on any atom is -0.351 e. The van der Waals surface area contributed by atoms with Crippen LogP contribution >= 0.6 is 0 Å². The summed E-state index contributed by atoms with van der Waals surface area (Å²) < 4.78 is 2.09. The number of carbonyl (C=O) groups is 1. The van der Waals surface area contributed by atoms with Gasteiger partial charge in [0, 0.05) is 30.4 Å². The number of nitrogens with one attached hydrogen (secondary N) is 1. The van der Waals surface area contributed by atoms with Crippen molar-refractivity contribution in [3.05, 3.63) is 65.0 Å². The van der Waals surface area contributed by atoms with Crippen LogP contribution in [0.1, 0.15) is 33.7 Å². The number of hydrogen-bond donors (Lipinski definition) is 1. The number of carbonyl (C=O) groups excluding carboxylic acids is 1. The third kappa shape index (κ3) is 3.30. The summed E-state index contributed by atoms with van der Waals surface area (Å²) in [5.74, 6) is 0.262. The molecule has 120 valence electrons. The van der Waals surface area contributed by atoms with Crippen LogP contribution in [0.5, 0.6) is 0 Å². The number of nitrogens with zero attached hydrogens (tertiary/aromatic N) is 1. The molecule has 1 aromatic heterocycles. The summed E-state index contributed by atoms with van der Waals surface area (Å²) in [5, 5.41) is 0. The number of Topliss-reactive ketones (excluding diaryl/α,β-unsaturated/α-hetero) is 1. The molecule has 1 aromatic carbocycles. The molecule has 23 heavy (non-hydrogen) atoms. The van der Waals surface area contributed by atoms with Gasteiger partial charge in [-0.2, -0.15) is 0 Å². The van der Waals surface area contributed by atoms with Crippen LogP contribution in [-0.2, 0) is 7.05 Å². The number of benzene rings is 1. The van der Waals surface area contributed by atoms with Crippen molar-refractivity contribution in [1.29, 1.82) is 0 Å². The number of hydrogen-bond acceptors (Lipinski definition) is 1.